The number of benzene rings is 1. The number of phenolic OH excluding ortho intramolecular Hbond substituents is 1. The molecule has 0 aliphatic rings. The Kier molecular flexibility index (Phi) is 2.12. The molecular formula is C12H13NO2. The molecule has 0 atom stereocenters. The molecule has 2 N–H and O–H groups in total. The molecule has 2 rings (SSSR count). The van der Waals surface area contributed by atoms with Crippen molar-refractivity contribution in [2.75, 3.05) is 0 Å². The third kappa shape index (κ3) is 1.66. The van der Waals surface area contributed by atoms with Crippen LogP contribution in [-0.4, -0.2) is 15.2 Å². The van der Waals surface area contributed by atoms with Crippen LogP contribution >= 0.6 is 0 Å². The molecule has 15 heavy (non-hydrogen) atoms. The van der Waals surface area contributed by atoms with Crippen LogP contribution in [0.3, 0.4) is 0 Å². The minimum Gasteiger partial charge on any atom is -0.506 e. The molecule has 0 aliphatic carbocycles. The number of hydrogen-bond acceptors (Lipinski definition) is 3. The quantitative estimate of drug-likeness (QED) is 0.746. The minimum atomic E-state index is -0.936. The molecule has 0 amide bonds. The number of hydrogen-bond donors (Lipinski definition) is 2. The lowest BCUT2D eigenvalue weighted by molar-refractivity contribution is 0.0801. The molecule has 78 valence electrons. The Bertz CT molecular complexity index is 500. The van der Waals surface area contributed by atoms with E-state index in [0.717, 1.165) is 10.9 Å². The maximum atomic E-state index is 9.97. The van der Waals surface area contributed by atoms with Crippen molar-refractivity contribution in [1.82, 2.24) is 4.98 Å². The number of aromatic nitrogens is 1. The van der Waals surface area contributed by atoms with Gasteiger partial charge in [-0.15, -0.1) is 0 Å². The van der Waals surface area contributed by atoms with Gasteiger partial charge in [0.2, 0.25) is 0 Å². The van der Waals surface area contributed by atoms with Crippen molar-refractivity contribution in [3.05, 3.63) is 36.0 Å². The summed E-state index contributed by atoms with van der Waals surface area (Å²) in [4.78, 5) is 4.09. The van der Waals surface area contributed by atoms with Gasteiger partial charge < -0.3 is 10.2 Å². The lowest BCUT2D eigenvalue weighted by Crippen LogP contribution is -2.15. The van der Waals surface area contributed by atoms with E-state index in [1.54, 1.807) is 38.2 Å². The lowest BCUT2D eigenvalue weighted by atomic mass is 9.94. The summed E-state index contributed by atoms with van der Waals surface area (Å²) in [6, 6.07) is 6.91. The highest BCUT2D eigenvalue weighted by molar-refractivity contribution is 5.87. The number of aliphatic hydroxyl groups is 1. The Morgan fingerprint density at radius 1 is 1.20 bits per heavy atom. The Morgan fingerprint density at radius 2 is 1.93 bits per heavy atom. The van der Waals surface area contributed by atoms with Crippen molar-refractivity contribution >= 4 is 10.9 Å². The van der Waals surface area contributed by atoms with Gasteiger partial charge in [-0.05, 0) is 31.5 Å². The van der Waals surface area contributed by atoms with Crippen molar-refractivity contribution in [3.63, 3.8) is 0 Å². The molecule has 2 aromatic rings. The maximum absolute atomic E-state index is 9.97. The summed E-state index contributed by atoms with van der Waals surface area (Å²) in [5, 5.41) is 20.4. The summed E-state index contributed by atoms with van der Waals surface area (Å²) in [7, 11) is 0. The highest BCUT2D eigenvalue weighted by Gasteiger charge is 2.19. The summed E-state index contributed by atoms with van der Waals surface area (Å²) in [6.07, 6.45) is 1.62. The number of rotatable bonds is 1. The molecule has 0 spiro atoms. The van der Waals surface area contributed by atoms with Crippen LogP contribution in [0, 0.1) is 0 Å². The van der Waals surface area contributed by atoms with Gasteiger partial charge in [-0.25, -0.2) is 0 Å². The fourth-order valence-electron chi connectivity index (χ4n) is 1.69. The predicted octanol–water partition coefficient (Wildman–Crippen LogP) is 2.17. The summed E-state index contributed by atoms with van der Waals surface area (Å²) in [5.41, 5.74) is 0.357. The van der Waals surface area contributed by atoms with Crippen LogP contribution in [-0.2, 0) is 5.60 Å². The summed E-state index contributed by atoms with van der Waals surface area (Å²) < 4.78 is 0. The van der Waals surface area contributed by atoms with Gasteiger partial charge in [-0.1, -0.05) is 12.1 Å². The Hall–Kier alpha value is -1.61. The molecule has 0 fully saturated rings. The van der Waals surface area contributed by atoms with Gasteiger partial charge in [0.25, 0.3) is 0 Å². The normalized spacial score (nSPS) is 11.9. The van der Waals surface area contributed by atoms with E-state index in [0.29, 0.717) is 5.52 Å². The van der Waals surface area contributed by atoms with E-state index >= 15 is 0 Å². The average molecular weight is 203 g/mol. The third-order valence-electron chi connectivity index (χ3n) is 2.41. The standard InChI is InChI=1S/C12H13NO2/c1-12(2,15)9-5-6-10(14)11-8(9)4-3-7-13-11/h3-7,14-15H,1-2H3. The van der Waals surface area contributed by atoms with Crippen LogP contribution in [0.1, 0.15) is 19.4 Å². The highest BCUT2D eigenvalue weighted by Crippen LogP contribution is 2.31. The van der Waals surface area contributed by atoms with Gasteiger partial charge in [0.15, 0.2) is 0 Å². The first-order valence-electron chi connectivity index (χ1n) is 4.80. The van der Waals surface area contributed by atoms with E-state index in [9.17, 15) is 10.2 Å². The van der Waals surface area contributed by atoms with Gasteiger partial charge in [0, 0.05) is 11.6 Å². The zero-order chi connectivity index (χ0) is 11.1. The van der Waals surface area contributed by atoms with Gasteiger partial charge in [0.1, 0.15) is 11.3 Å². The molecular weight excluding hydrogens is 190 g/mol. The van der Waals surface area contributed by atoms with Crippen LogP contribution < -0.4 is 0 Å². The van der Waals surface area contributed by atoms with E-state index in [1.807, 2.05) is 6.07 Å². The smallest absolute Gasteiger partial charge is 0.141 e. The topological polar surface area (TPSA) is 53.4 Å². The van der Waals surface area contributed by atoms with Gasteiger partial charge >= 0.3 is 0 Å². The fourth-order valence-corrected chi connectivity index (χ4v) is 1.69. The van der Waals surface area contributed by atoms with Crippen LogP contribution in [0.4, 0.5) is 0 Å². The Morgan fingerprint density at radius 3 is 2.60 bits per heavy atom. The van der Waals surface area contributed by atoms with Crippen molar-refractivity contribution in [2.24, 2.45) is 0 Å². The van der Waals surface area contributed by atoms with Crippen LogP contribution in [0.25, 0.3) is 10.9 Å². The van der Waals surface area contributed by atoms with E-state index in [2.05, 4.69) is 4.98 Å². The van der Waals surface area contributed by atoms with E-state index in [-0.39, 0.29) is 5.75 Å². The predicted molar refractivity (Wildman–Crippen MR) is 58.7 cm³/mol. The van der Waals surface area contributed by atoms with E-state index < -0.39 is 5.60 Å². The number of phenols is 1. The second-order valence-corrected chi connectivity index (χ2v) is 4.09. The molecule has 0 saturated carbocycles. The first-order chi connectivity index (χ1) is 7.00. The second-order valence-electron chi connectivity index (χ2n) is 4.09. The van der Waals surface area contributed by atoms with Gasteiger partial charge in [-0.3, -0.25) is 4.98 Å². The summed E-state index contributed by atoms with van der Waals surface area (Å²) in [6.45, 7) is 3.43. The van der Waals surface area contributed by atoms with Crippen molar-refractivity contribution in [3.8, 4) is 5.75 Å². The molecule has 0 aliphatic heterocycles. The molecule has 3 heteroatoms. The zero-order valence-corrected chi connectivity index (χ0v) is 8.73. The molecule has 1 heterocycles. The molecule has 0 saturated heterocycles. The largest absolute Gasteiger partial charge is 0.506 e. The summed E-state index contributed by atoms with van der Waals surface area (Å²) >= 11 is 0. The third-order valence-corrected chi connectivity index (χ3v) is 2.41. The van der Waals surface area contributed by atoms with Crippen LogP contribution in [0.2, 0.25) is 0 Å². The highest BCUT2D eigenvalue weighted by atomic mass is 16.3. The number of nitrogens with zero attached hydrogens (tertiary/aromatic N) is 1. The molecule has 3 nitrogen and oxygen atoms in total. The zero-order valence-electron chi connectivity index (χ0n) is 8.73. The molecule has 0 radical (unpaired) electrons. The first kappa shape index (κ1) is 9.93. The fraction of sp³-hybridized carbons (Fsp3) is 0.250. The molecule has 1 aromatic heterocycles. The van der Waals surface area contributed by atoms with E-state index in [4.69, 9.17) is 0 Å². The van der Waals surface area contributed by atoms with Crippen LogP contribution in [0.15, 0.2) is 30.5 Å². The average Bonchev–Trinajstić information content (AvgIpc) is 2.17. The van der Waals surface area contributed by atoms with Crippen LogP contribution in [0.5, 0.6) is 5.75 Å². The molecule has 0 unspecified atom stereocenters. The first-order valence-corrected chi connectivity index (χ1v) is 4.80. The van der Waals surface area contributed by atoms with Gasteiger partial charge in [0.05, 0.1) is 5.60 Å². The van der Waals surface area contributed by atoms with Crippen molar-refractivity contribution < 1.29 is 10.2 Å². The molecule has 1 aromatic carbocycles. The number of aromatic hydroxyl groups is 1. The van der Waals surface area contributed by atoms with Crippen molar-refractivity contribution in [2.45, 2.75) is 19.4 Å². The van der Waals surface area contributed by atoms with Gasteiger partial charge in [-0.2, -0.15) is 0 Å². The SMILES string of the molecule is CC(C)(O)c1ccc(O)c2ncccc12. The van der Waals surface area contributed by atoms with E-state index in [1.165, 1.54) is 0 Å². The summed E-state index contributed by atoms with van der Waals surface area (Å²) in [5.74, 6) is 0.138. The Balaban J connectivity index is 2.84. The monoisotopic (exact) mass is 203 g/mol. The lowest BCUT2D eigenvalue weighted by Gasteiger charge is -2.19. The number of fused-ring (bicyclic) bond motifs is 1. The second kappa shape index (κ2) is 3.21. The number of pyridine rings is 1. The maximum Gasteiger partial charge on any atom is 0.141 e. The minimum absolute atomic E-state index is 0.138. The molecule has 0 bridgehead atoms. The Labute approximate surface area is 88.0 Å². The van der Waals surface area contributed by atoms with Crippen molar-refractivity contribution in [1.29, 1.82) is 0 Å².